The van der Waals surface area contributed by atoms with Crippen molar-refractivity contribution in [3.63, 3.8) is 0 Å². The van der Waals surface area contributed by atoms with Crippen molar-refractivity contribution in [2.75, 3.05) is 18.9 Å². The molecule has 0 saturated carbocycles. The average Bonchev–Trinajstić information content (AvgIpc) is 2.84. The molecule has 4 N–H and O–H groups in total. The van der Waals surface area contributed by atoms with Gasteiger partial charge in [-0.25, -0.2) is 0 Å². The predicted molar refractivity (Wildman–Crippen MR) is 58.9 cm³/mol. The second kappa shape index (κ2) is 4.52. The smallest absolute Gasteiger partial charge is 0.271 e. The number of rotatable bonds is 3. The fraction of sp³-hybridized carbons (Fsp3) is 0.600. The molecule has 88 valence electrons. The molecule has 1 aromatic heterocycles. The van der Waals surface area contributed by atoms with E-state index in [9.17, 15) is 4.79 Å². The Bertz CT molecular complexity index is 377. The third kappa shape index (κ3) is 2.16. The first-order valence-electron chi connectivity index (χ1n) is 5.37. The summed E-state index contributed by atoms with van der Waals surface area (Å²) >= 11 is 0. The molecule has 1 saturated heterocycles. The lowest BCUT2D eigenvalue weighted by Gasteiger charge is -2.14. The first kappa shape index (κ1) is 10.9. The van der Waals surface area contributed by atoms with Gasteiger partial charge < -0.3 is 15.8 Å². The molecule has 2 heterocycles. The van der Waals surface area contributed by atoms with Crippen LogP contribution in [0.5, 0.6) is 0 Å². The summed E-state index contributed by atoms with van der Waals surface area (Å²) in [5.41, 5.74) is 6.27. The molecule has 16 heavy (non-hydrogen) atoms. The summed E-state index contributed by atoms with van der Waals surface area (Å²) in [6.07, 6.45) is 2.62. The molecule has 0 aliphatic carbocycles. The Balaban J connectivity index is 1.86. The Hall–Kier alpha value is -1.56. The molecule has 1 aliphatic heterocycles. The molecule has 0 radical (unpaired) electrons. The van der Waals surface area contributed by atoms with Crippen LogP contribution in [0.4, 0.5) is 5.69 Å². The van der Waals surface area contributed by atoms with Crippen LogP contribution in [-0.4, -0.2) is 35.4 Å². The second-order valence-corrected chi connectivity index (χ2v) is 4.04. The lowest BCUT2D eigenvalue weighted by Crippen LogP contribution is -2.32. The Morgan fingerprint density at radius 1 is 1.81 bits per heavy atom. The number of anilines is 1. The van der Waals surface area contributed by atoms with Gasteiger partial charge in [0, 0.05) is 19.1 Å². The van der Waals surface area contributed by atoms with Gasteiger partial charge in [0.2, 0.25) is 0 Å². The van der Waals surface area contributed by atoms with Crippen LogP contribution < -0.4 is 11.1 Å². The van der Waals surface area contributed by atoms with E-state index in [2.05, 4.69) is 15.5 Å². The highest BCUT2D eigenvalue weighted by Gasteiger charge is 2.24. The number of aromatic amines is 1. The number of carbonyl (C=O) groups is 1. The molecule has 1 amide bonds. The number of nitrogens with one attached hydrogen (secondary N) is 2. The van der Waals surface area contributed by atoms with E-state index in [0.717, 1.165) is 13.0 Å². The summed E-state index contributed by atoms with van der Waals surface area (Å²) in [6, 6.07) is 0. The van der Waals surface area contributed by atoms with Gasteiger partial charge in [0.1, 0.15) is 5.69 Å². The van der Waals surface area contributed by atoms with Gasteiger partial charge in [0.15, 0.2) is 0 Å². The van der Waals surface area contributed by atoms with Gasteiger partial charge in [-0.3, -0.25) is 9.89 Å². The normalized spacial score (nSPS) is 24.6. The Morgan fingerprint density at radius 2 is 2.62 bits per heavy atom. The zero-order valence-electron chi connectivity index (χ0n) is 9.19. The molecular formula is C10H16N4O2. The van der Waals surface area contributed by atoms with Gasteiger partial charge in [-0.15, -0.1) is 0 Å². The number of hydrogen-bond acceptors (Lipinski definition) is 4. The third-order valence-electron chi connectivity index (χ3n) is 2.95. The third-order valence-corrected chi connectivity index (χ3v) is 2.95. The lowest BCUT2D eigenvalue weighted by atomic mass is 10.0. The van der Waals surface area contributed by atoms with Crippen LogP contribution in [0.2, 0.25) is 0 Å². The largest absolute Gasteiger partial charge is 0.396 e. The van der Waals surface area contributed by atoms with E-state index in [1.54, 1.807) is 0 Å². The summed E-state index contributed by atoms with van der Waals surface area (Å²) in [5, 5.41) is 9.10. The zero-order chi connectivity index (χ0) is 11.5. The van der Waals surface area contributed by atoms with Crippen molar-refractivity contribution >= 4 is 11.6 Å². The van der Waals surface area contributed by atoms with Gasteiger partial charge in [-0.05, 0) is 13.3 Å². The van der Waals surface area contributed by atoms with Gasteiger partial charge in [-0.1, -0.05) is 0 Å². The van der Waals surface area contributed by atoms with E-state index >= 15 is 0 Å². The Kier molecular flexibility index (Phi) is 3.09. The maximum absolute atomic E-state index is 11.7. The molecule has 2 rings (SSSR count). The van der Waals surface area contributed by atoms with E-state index in [0.29, 0.717) is 23.8 Å². The number of nitrogen functional groups attached to an aromatic ring is 1. The van der Waals surface area contributed by atoms with Crippen molar-refractivity contribution < 1.29 is 9.53 Å². The van der Waals surface area contributed by atoms with Crippen molar-refractivity contribution in [3.8, 4) is 0 Å². The highest BCUT2D eigenvalue weighted by atomic mass is 16.5. The zero-order valence-corrected chi connectivity index (χ0v) is 9.19. The van der Waals surface area contributed by atoms with Crippen molar-refractivity contribution in [2.45, 2.75) is 19.4 Å². The number of H-pyrrole nitrogens is 1. The molecule has 0 spiro atoms. The van der Waals surface area contributed by atoms with E-state index in [4.69, 9.17) is 10.5 Å². The summed E-state index contributed by atoms with van der Waals surface area (Å²) in [7, 11) is 0. The fourth-order valence-electron chi connectivity index (χ4n) is 1.83. The van der Waals surface area contributed by atoms with Gasteiger partial charge >= 0.3 is 0 Å². The van der Waals surface area contributed by atoms with Crippen LogP contribution in [0.1, 0.15) is 23.8 Å². The summed E-state index contributed by atoms with van der Waals surface area (Å²) < 4.78 is 5.42. The monoisotopic (exact) mass is 224 g/mol. The maximum atomic E-state index is 11.7. The van der Waals surface area contributed by atoms with Crippen LogP contribution >= 0.6 is 0 Å². The van der Waals surface area contributed by atoms with E-state index < -0.39 is 0 Å². The fourth-order valence-corrected chi connectivity index (χ4v) is 1.83. The number of amides is 1. The lowest BCUT2D eigenvalue weighted by molar-refractivity contribution is 0.0904. The van der Waals surface area contributed by atoms with Crippen molar-refractivity contribution in [3.05, 3.63) is 11.9 Å². The summed E-state index contributed by atoms with van der Waals surface area (Å²) in [4.78, 5) is 11.7. The van der Waals surface area contributed by atoms with Crippen LogP contribution in [0, 0.1) is 5.92 Å². The molecule has 0 aromatic carbocycles. The van der Waals surface area contributed by atoms with E-state index in [1.807, 2.05) is 6.92 Å². The first-order valence-corrected chi connectivity index (χ1v) is 5.37. The number of hydrogen-bond donors (Lipinski definition) is 3. The highest BCUT2D eigenvalue weighted by molar-refractivity contribution is 5.96. The van der Waals surface area contributed by atoms with Crippen molar-refractivity contribution in [1.29, 1.82) is 0 Å². The molecule has 0 bridgehead atoms. The number of nitrogens with zero attached hydrogens (tertiary/aromatic N) is 1. The number of nitrogens with two attached hydrogens (primary N) is 1. The minimum absolute atomic E-state index is 0.208. The predicted octanol–water partition coefficient (Wildman–Crippen LogP) is 0.147. The molecule has 2 unspecified atom stereocenters. The molecular weight excluding hydrogens is 208 g/mol. The number of carbonyl (C=O) groups excluding carboxylic acids is 1. The first-order chi connectivity index (χ1) is 7.68. The molecule has 2 atom stereocenters. The van der Waals surface area contributed by atoms with Crippen molar-refractivity contribution in [1.82, 2.24) is 15.5 Å². The number of aromatic nitrogens is 2. The quantitative estimate of drug-likeness (QED) is 0.681. The average molecular weight is 224 g/mol. The van der Waals surface area contributed by atoms with E-state index in [-0.39, 0.29) is 12.0 Å². The summed E-state index contributed by atoms with van der Waals surface area (Å²) in [5.74, 6) is 0.169. The molecule has 1 aliphatic rings. The standard InChI is InChI=1S/C10H16N4O2/c1-6-7(2-3-16-6)4-12-10(15)9-8(11)5-13-14-9/h5-7H,2-4,11H2,1H3,(H,12,15)(H,13,14). The van der Waals surface area contributed by atoms with E-state index in [1.165, 1.54) is 6.20 Å². The Labute approximate surface area is 93.5 Å². The Morgan fingerprint density at radius 3 is 3.19 bits per heavy atom. The number of ether oxygens (including phenoxy) is 1. The van der Waals surface area contributed by atoms with Gasteiger partial charge in [0.25, 0.3) is 5.91 Å². The second-order valence-electron chi connectivity index (χ2n) is 4.04. The van der Waals surface area contributed by atoms with Gasteiger partial charge in [0.05, 0.1) is 18.0 Å². The topological polar surface area (TPSA) is 93.0 Å². The van der Waals surface area contributed by atoms with Crippen LogP contribution in [0.15, 0.2) is 6.20 Å². The molecule has 6 nitrogen and oxygen atoms in total. The van der Waals surface area contributed by atoms with Gasteiger partial charge in [-0.2, -0.15) is 5.10 Å². The maximum Gasteiger partial charge on any atom is 0.271 e. The highest BCUT2D eigenvalue weighted by Crippen LogP contribution is 2.19. The summed E-state index contributed by atoms with van der Waals surface area (Å²) in [6.45, 7) is 3.40. The molecule has 1 aromatic rings. The van der Waals surface area contributed by atoms with Crippen LogP contribution in [0.25, 0.3) is 0 Å². The minimum atomic E-state index is -0.214. The van der Waals surface area contributed by atoms with Crippen LogP contribution in [-0.2, 0) is 4.74 Å². The minimum Gasteiger partial charge on any atom is -0.396 e. The van der Waals surface area contributed by atoms with Crippen molar-refractivity contribution in [2.24, 2.45) is 5.92 Å². The SMILES string of the molecule is CC1OCCC1CNC(=O)c1[nH]ncc1N. The molecule has 1 fully saturated rings. The van der Waals surface area contributed by atoms with Crippen LogP contribution in [0.3, 0.4) is 0 Å². The molecule has 6 heteroatoms.